The van der Waals surface area contributed by atoms with E-state index in [9.17, 15) is 0 Å². The number of H-pyrrole nitrogens is 1. The van der Waals surface area contributed by atoms with Crippen molar-refractivity contribution in [2.75, 3.05) is 18.0 Å². The summed E-state index contributed by atoms with van der Waals surface area (Å²) in [4.78, 5) is 25.4. The van der Waals surface area contributed by atoms with E-state index >= 15 is 0 Å². The largest absolute Gasteiger partial charge is 0.354 e. The van der Waals surface area contributed by atoms with Crippen molar-refractivity contribution in [1.82, 2.24) is 24.9 Å². The first-order chi connectivity index (χ1) is 16.8. The van der Waals surface area contributed by atoms with Crippen LogP contribution in [0.2, 0.25) is 0 Å². The Morgan fingerprint density at radius 3 is 2.74 bits per heavy atom. The van der Waals surface area contributed by atoms with Crippen LogP contribution in [0.4, 0.5) is 5.82 Å². The second kappa shape index (κ2) is 7.74. The van der Waals surface area contributed by atoms with Gasteiger partial charge in [-0.25, -0.2) is 15.0 Å². The molecular weight excluding hydrogens is 422 g/mol. The van der Waals surface area contributed by atoms with Gasteiger partial charge in [-0.05, 0) is 49.3 Å². The van der Waals surface area contributed by atoms with E-state index in [0.717, 1.165) is 70.2 Å². The van der Waals surface area contributed by atoms with E-state index in [1.54, 1.807) is 0 Å². The first kappa shape index (κ1) is 19.9. The van der Waals surface area contributed by atoms with E-state index in [4.69, 9.17) is 15.7 Å². The Hall–Kier alpha value is -3.58. The molecule has 7 nitrogen and oxygen atoms in total. The predicted molar refractivity (Wildman–Crippen MR) is 136 cm³/mol. The molecule has 4 aromatic heterocycles. The minimum Gasteiger partial charge on any atom is -0.354 e. The van der Waals surface area contributed by atoms with Crippen molar-refractivity contribution < 1.29 is 0 Å². The number of nitrogens with zero attached hydrogens (tertiary/aromatic N) is 5. The standard InChI is InChI=1S/C27H27N7/c28-17-7-4-12-34(15-17)27-24-20(16-5-3-6-16)13-29-14-22(24)32-25(33-27)19-10-11-30-26-23(19)18-8-1-2-9-21(18)31-26/h1-2,8-11,13-14,16-17H,3-7,12,15,28H2,(H,30,31)/t17-/m0/s1. The van der Waals surface area contributed by atoms with Gasteiger partial charge in [0.05, 0.1) is 11.7 Å². The Bertz CT molecular complexity index is 1530. The quantitative estimate of drug-likeness (QED) is 0.406. The fourth-order valence-corrected chi connectivity index (χ4v) is 5.62. The van der Waals surface area contributed by atoms with Gasteiger partial charge in [0.2, 0.25) is 0 Å². The SMILES string of the molecule is N[C@H]1CCCN(c2nc(-c3ccnc4[nH]c5ccccc5c34)nc3cncc(C4CCC4)c23)C1. The van der Waals surface area contributed by atoms with E-state index in [1.807, 2.05) is 30.7 Å². The molecule has 1 atom stereocenters. The number of rotatable bonds is 3. The number of benzene rings is 1. The van der Waals surface area contributed by atoms with Crippen LogP contribution in [0.25, 0.3) is 44.2 Å². The smallest absolute Gasteiger partial charge is 0.163 e. The second-order valence-corrected chi connectivity index (χ2v) is 9.72. The summed E-state index contributed by atoms with van der Waals surface area (Å²) in [6.07, 6.45) is 11.6. The molecule has 34 heavy (non-hydrogen) atoms. The number of aromatic nitrogens is 5. The zero-order chi connectivity index (χ0) is 22.6. The van der Waals surface area contributed by atoms with E-state index in [-0.39, 0.29) is 6.04 Å². The zero-order valence-electron chi connectivity index (χ0n) is 19.0. The lowest BCUT2D eigenvalue weighted by Gasteiger charge is -2.34. The highest BCUT2D eigenvalue weighted by molar-refractivity contribution is 6.12. The molecule has 1 saturated carbocycles. The van der Waals surface area contributed by atoms with E-state index in [2.05, 4.69) is 38.1 Å². The number of piperidine rings is 1. The van der Waals surface area contributed by atoms with Crippen LogP contribution in [0, 0.1) is 0 Å². The number of aromatic amines is 1. The van der Waals surface area contributed by atoms with Crippen molar-refractivity contribution in [3.05, 3.63) is 54.5 Å². The maximum atomic E-state index is 6.40. The predicted octanol–water partition coefficient (Wildman–Crippen LogP) is 4.92. The van der Waals surface area contributed by atoms with Crippen molar-refractivity contribution >= 4 is 38.7 Å². The third-order valence-corrected chi connectivity index (χ3v) is 7.56. The molecule has 5 heterocycles. The number of anilines is 1. The van der Waals surface area contributed by atoms with E-state index in [1.165, 1.54) is 24.8 Å². The monoisotopic (exact) mass is 449 g/mol. The molecule has 0 amide bonds. The van der Waals surface area contributed by atoms with Crippen LogP contribution < -0.4 is 10.6 Å². The summed E-state index contributed by atoms with van der Waals surface area (Å²) >= 11 is 0. The van der Waals surface area contributed by atoms with E-state index in [0.29, 0.717) is 11.7 Å². The number of hydrogen-bond donors (Lipinski definition) is 2. The molecule has 7 heteroatoms. The number of nitrogens with two attached hydrogens (primary N) is 1. The molecule has 0 spiro atoms. The summed E-state index contributed by atoms with van der Waals surface area (Å²) in [5.74, 6) is 2.26. The van der Waals surface area contributed by atoms with Crippen molar-refractivity contribution in [2.24, 2.45) is 5.73 Å². The number of para-hydroxylation sites is 1. The minimum atomic E-state index is 0.164. The maximum Gasteiger partial charge on any atom is 0.163 e. The summed E-state index contributed by atoms with van der Waals surface area (Å²) in [5, 5.41) is 3.34. The van der Waals surface area contributed by atoms with Gasteiger partial charge in [0.15, 0.2) is 5.82 Å². The number of hydrogen-bond acceptors (Lipinski definition) is 6. The van der Waals surface area contributed by atoms with Gasteiger partial charge in [0.25, 0.3) is 0 Å². The van der Waals surface area contributed by atoms with Gasteiger partial charge in [-0.3, -0.25) is 4.98 Å². The summed E-state index contributed by atoms with van der Waals surface area (Å²) < 4.78 is 0. The Kier molecular flexibility index (Phi) is 4.52. The molecule has 0 radical (unpaired) electrons. The third-order valence-electron chi connectivity index (χ3n) is 7.56. The van der Waals surface area contributed by atoms with Crippen LogP contribution in [0.5, 0.6) is 0 Å². The van der Waals surface area contributed by atoms with Crippen molar-refractivity contribution in [3.8, 4) is 11.4 Å². The summed E-state index contributed by atoms with van der Waals surface area (Å²) in [6, 6.07) is 10.5. The Balaban J connectivity index is 1.50. The van der Waals surface area contributed by atoms with Crippen LogP contribution in [0.1, 0.15) is 43.6 Å². The summed E-state index contributed by atoms with van der Waals surface area (Å²) in [5.41, 5.74) is 11.5. The number of nitrogens with one attached hydrogen (secondary N) is 1. The first-order valence-electron chi connectivity index (χ1n) is 12.3. The molecule has 0 unspecified atom stereocenters. The van der Waals surface area contributed by atoms with Crippen LogP contribution in [-0.2, 0) is 0 Å². The molecule has 7 rings (SSSR count). The Morgan fingerprint density at radius 1 is 0.971 bits per heavy atom. The normalized spacial score (nSPS) is 19.2. The van der Waals surface area contributed by atoms with Gasteiger partial charge in [-0.2, -0.15) is 0 Å². The van der Waals surface area contributed by atoms with Gasteiger partial charge in [-0.1, -0.05) is 24.6 Å². The molecule has 5 aromatic rings. The first-order valence-corrected chi connectivity index (χ1v) is 12.3. The fourth-order valence-electron chi connectivity index (χ4n) is 5.62. The highest BCUT2D eigenvalue weighted by atomic mass is 15.2. The van der Waals surface area contributed by atoms with Crippen molar-refractivity contribution in [3.63, 3.8) is 0 Å². The third kappa shape index (κ3) is 3.07. The molecule has 2 fully saturated rings. The highest BCUT2D eigenvalue weighted by Crippen LogP contribution is 2.42. The van der Waals surface area contributed by atoms with Gasteiger partial charge >= 0.3 is 0 Å². The number of pyridine rings is 2. The lowest BCUT2D eigenvalue weighted by molar-refractivity contribution is 0.421. The van der Waals surface area contributed by atoms with Gasteiger partial charge < -0.3 is 15.6 Å². The molecule has 1 aromatic carbocycles. The molecule has 1 saturated heterocycles. The average molecular weight is 450 g/mol. The Labute approximate surface area is 197 Å². The van der Waals surface area contributed by atoms with Crippen LogP contribution in [-0.4, -0.2) is 44.1 Å². The average Bonchev–Trinajstić information content (AvgIpc) is 3.21. The molecular formula is C27H27N7. The lowest BCUT2D eigenvalue weighted by atomic mass is 9.79. The zero-order valence-corrected chi connectivity index (χ0v) is 19.0. The Morgan fingerprint density at radius 2 is 1.88 bits per heavy atom. The fraction of sp³-hybridized carbons (Fsp3) is 0.333. The van der Waals surface area contributed by atoms with Crippen molar-refractivity contribution in [1.29, 1.82) is 0 Å². The highest BCUT2D eigenvalue weighted by Gasteiger charge is 2.28. The van der Waals surface area contributed by atoms with Gasteiger partial charge in [0, 0.05) is 58.8 Å². The molecule has 2 aliphatic rings. The maximum absolute atomic E-state index is 6.40. The lowest BCUT2D eigenvalue weighted by Crippen LogP contribution is -2.43. The number of fused-ring (bicyclic) bond motifs is 4. The second-order valence-electron chi connectivity index (χ2n) is 9.72. The summed E-state index contributed by atoms with van der Waals surface area (Å²) in [7, 11) is 0. The minimum absolute atomic E-state index is 0.164. The van der Waals surface area contributed by atoms with Gasteiger partial charge in [-0.15, -0.1) is 0 Å². The van der Waals surface area contributed by atoms with Crippen LogP contribution in [0.15, 0.2) is 48.9 Å². The van der Waals surface area contributed by atoms with Crippen LogP contribution >= 0.6 is 0 Å². The molecule has 0 bridgehead atoms. The van der Waals surface area contributed by atoms with Crippen LogP contribution in [0.3, 0.4) is 0 Å². The molecule has 3 N–H and O–H groups in total. The van der Waals surface area contributed by atoms with E-state index < -0.39 is 0 Å². The molecule has 1 aliphatic carbocycles. The topological polar surface area (TPSA) is 96.6 Å². The molecule has 170 valence electrons. The summed E-state index contributed by atoms with van der Waals surface area (Å²) in [6.45, 7) is 1.78. The van der Waals surface area contributed by atoms with Crippen molar-refractivity contribution in [2.45, 2.75) is 44.1 Å². The van der Waals surface area contributed by atoms with Gasteiger partial charge in [0.1, 0.15) is 11.5 Å². The molecule has 1 aliphatic heterocycles.